The summed E-state index contributed by atoms with van der Waals surface area (Å²) >= 11 is 0. The number of nitrogens with zero attached hydrogens (tertiary/aromatic N) is 3. The monoisotopic (exact) mass is 443 g/mol. The molecule has 0 amide bonds. The first kappa shape index (κ1) is 24.7. The Morgan fingerprint density at radius 3 is 2.39 bits per heavy atom. The average molecular weight is 444 g/mol. The van der Waals surface area contributed by atoms with Crippen molar-refractivity contribution in [1.29, 1.82) is 5.26 Å². The number of aryl methyl sites for hydroxylation is 1. The van der Waals surface area contributed by atoms with Gasteiger partial charge in [0.05, 0.1) is 22.8 Å². The molecule has 3 rings (SSSR count). The highest BCUT2D eigenvalue weighted by atomic mass is 35.5. The van der Waals surface area contributed by atoms with Crippen LogP contribution in [-0.2, 0) is 6.42 Å². The van der Waals surface area contributed by atoms with Crippen molar-refractivity contribution in [2.75, 3.05) is 38.1 Å². The molecule has 0 aliphatic carbocycles. The van der Waals surface area contributed by atoms with Gasteiger partial charge in [-0.25, -0.2) is 4.79 Å². The lowest BCUT2D eigenvalue weighted by Crippen LogP contribution is -2.50. The van der Waals surface area contributed by atoms with Crippen LogP contribution in [0, 0.1) is 18.3 Å². The molecule has 2 N–H and O–H groups in total. The van der Waals surface area contributed by atoms with Crippen molar-refractivity contribution >= 4 is 24.1 Å². The quantitative estimate of drug-likeness (QED) is 0.681. The fourth-order valence-corrected chi connectivity index (χ4v) is 4.13. The van der Waals surface area contributed by atoms with Crippen molar-refractivity contribution in [1.82, 2.24) is 4.90 Å². The molecule has 0 bridgehead atoms. The van der Waals surface area contributed by atoms with Crippen LogP contribution in [0.15, 0.2) is 42.5 Å². The maximum atomic E-state index is 11.1. The van der Waals surface area contributed by atoms with Crippen LogP contribution in [0.5, 0.6) is 0 Å². The van der Waals surface area contributed by atoms with E-state index >= 15 is 0 Å². The van der Waals surface area contributed by atoms with Crippen molar-refractivity contribution in [3.63, 3.8) is 0 Å². The summed E-state index contributed by atoms with van der Waals surface area (Å²) in [6.07, 6.45) is 2.34. The molecule has 7 heteroatoms. The van der Waals surface area contributed by atoms with E-state index in [1.807, 2.05) is 49.2 Å². The SMILES string of the molecule is Cc1cc(C(=O)O)ccc1N(C)CC1(O)CCN(CCc2ccc(C#N)cc2)CC1.Cl. The van der Waals surface area contributed by atoms with E-state index < -0.39 is 11.6 Å². The van der Waals surface area contributed by atoms with Gasteiger partial charge in [-0.15, -0.1) is 12.4 Å². The first-order valence-corrected chi connectivity index (χ1v) is 10.3. The number of hydrogen-bond donors (Lipinski definition) is 2. The number of anilines is 1. The standard InChI is InChI=1S/C24H29N3O3.ClH/c1-18-15-21(23(28)29)7-8-22(18)26(2)17-24(30)10-13-27(14-11-24)12-9-19-3-5-20(16-25)6-4-19;/h3-8,15,30H,9-14,17H2,1-2H3,(H,28,29);1H. The number of hydrogen-bond acceptors (Lipinski definition) is 5. The Bertz CT molecular complexity index is 932. The minimum absolute atomic E-state index is 0. The average Bonchev–Trinajstić information content (AvgIpc) is 2.73. The Hall–Kier alpha value is -2.59. The molecule has 0 aromatic heterocycles. The van der Waals surface area contributed by atoms with E-state index in [2.05, 4.69) is 11.0 Å². The van der Waals surface area contributed by atoms with Crippen molar-refractivity contribution in [3.8, 4) is 6.07 Å². The fourth-order valence-electron chi connectivity index (χ4n) is 4.13. The van der Waals surface area contributed by atoms with E-state index in [1.165, 1.54) is 5.56 Å². The Labute approximate surface area is 190 Å². The Morgan fingerprint density at radius 2 is 1.84 bits per heavy atom. The van der Waals surface area contributed by atoms with Gasteiger partial charge in [-0.2, -0.15) is 5.26 Å². The zero-order valence-electron chi connectivity index (χ0n) is 18.0. The lowest BCUT2D eigenvalue weighted by atomic mass is 9.90. The largest absolute Gasteiger partial charge is 0.478 e. The molecular weight excluding hydrogens is 414 g/mol. The van der Waals surface area contributed by atoms with Gasteiger partial charge in [0, 0.05) is 38.9 Å². The number of piperidine rings is 1. The molecule has 0 saturated carbocycles. The summed E-state index contributed by atoms with van der Waals surface area (Å²) in [5.74, 6) is -0.931. The van der Waals surface area contributed by atoms with Crippen LogP contribution in [0.25, 0.3) is 0 Å². The number of likely N-dealkylation sites (N-methyl/N-ethyl adjacent to an activating group) is 1. The van der Waals surface area contributed by atoms with Crippen LogP contribution in [-0.4, -0.2) is 59.9 Å². The van der Waals surface area contributed by atoms with E-state index in [-0.39, 0.29) is 18.0 Å². The molecule has 2 aromatic rings. The zero-order valence-corrected chi connectivity index (χ0v) is 18.9. The molecule has 0 atom stereocenters. The number of aromatic carboxylic acids is 1. The number of carbonyl (C=O) groups is 1. The predicted molar refractivity (Wildman–Crippen MR) is 124 cm³/mol. The van der Waals surface area contributed by atoms with Gasteiger partial charge in [-0.3, -0.25) is 0 Å². The fraction of sp³-hybridized carbons (Fsp3) is 0.417. The smallest absolute Gasteiger partial charge is 0.335 e. The van der Waals surface area contributed by atoms with Crippen LogP contribution >= 0.6 is 12.4 Å². The van der Waals surface area contributed by atoms with Crippen LogP contribution in [0.2, 0.25) is 0 Å². The van der Waals surface area contributed by atoms with Crippen molar-refractivity contribution in [2.24, 2.45) is 0 Å². The van der Waals surface area contributed by atoms with Gasteiger partial charge in [-0.05, 0) is 67.6 Å². The lowest BCUT2D eigenvalue weighted by Gasteiger charge is -2.41. The number of carboxylic acid groups (broad SMARTS) is 1. The third-order valence-electron chi connectivity index (χ3n) is 5.97. The third kappa shape index (κ3) is 6.44. The summed E-state index contributed by atoms with van der Waals surface area (Å²) in [6.45, 7) is 5.04. The number of halogens is 1. The summed E-state index contributed by atoms with van der Waals surface area (Å²) < 4.78 is 0. The van der Waals surface area contributed by atoms with Gasteiger partial charge in [0.2, 0.25) is 0 Å². The highest BCUT2D eigenvalue weighted by Crippen LogP contribution is 2.27. The molecule has 1 heterocycles. The molecule has 31 heavy (non-hydrogen) atoms. The summed E-state index contributed by atoms with van der Waals surface area (Å²) in [7, 11) is 1.94. The first-order valence-electron chi connectivity index (χ1n) is 10.3. The second-order valence-corrected chi connectivity index (χ2v) is 8.29. The summed E-state index contributed by atoms with van der Waals surface area (Å²) in [4.78, 5) is 15.5. The lowest BCUT2D eigenvalue weighted by molar-refractivity contribution is -0.0137. The molecule has 6 nitrogen and oxygen atoms in total. The maximum Gasteiger partial charge on any atom is 0.335 e. The minimum atomic E-state index is -0.931. The number of aliphatic hydroxyl groups is 1. The highest BCUT2D eigenvalue weighted by Gasteiger charge is 2.33. The Morgan fingerprint density at radius 1 is 1.19 bits per heavy atom. The third-order valence-corrected chi connectivity index (χ3v) is 5.97. The molecule has 1 fully saturated rings. The molecule has 1 aliphatic heterocycles. The number of likely N-dealkylation sites (tertiary alicyclic amines) is 1. The maximum absolute atomic E-state index is 11.1. The first-order chi connectivity index (χ1) is 14.3. The van der Waals surface area contributed by atoms with E-state index in [4.69, 9.17) is 10.4 Å². The predicted octanol–water partition coefficient (Wildman–Crippen LogP) is 3.49. The van der Waals surface area contributed by atoms with Crippen molar-refractivity contribution in [3.05, 3.63) is 64.7 Å². The Balaban J connectivity index is 0.00000341. The summed E-state index contributed by atoms with van der Waals surface area (Å²) in [6, 6.07) is 14.9. The van der Waals surface area contributed by atoms with Gasteiger partial charge in [0.1, 0.15) is 0 Å². The molecule has 1 aliphatic rings. The van der Waals surface area contributed by atoms with Gasteiger partial charge in [0.15, 0.2) is 0 Å². The number of rotatable bonds is 7. The molecule has 1 saturated heterocycles. The second-order valence-electron chi connectivity index (χ2n) is 8.29. The molecule has 0 unspecified atom stereocenters. The minimum Gasteiger partial charge on any atom is -0.478 e. The highest BCUT2D eigenvalue weighted by molar-refractivity contribution is 5.88. The molecule has 0 spiro atoms. The van der Waals surface area contributed by atoms with E-state index in [0.29, 0.717) is 24.9 Å². The van der Waals surface area contributed by atoms with Gasteiger partial charge in [-0.1, -0.05) is 12.1 Å². The van der Waals surface area contributed by atoms with E-state index in [9.17, 15) is 9.90 Å². The zero-order chi connectivity index (χ0) is 21.7. The second kappa shape index (κ2) is 10.6. The Kier molecular flexibility index (Phi) is 8.46. The molecule has 0 radical (unpaired) electrons. The van der Waals surface area contributed by atoms with Gasteiger partial charge in [0.25, 0.3) is 0 Å². The molecule has 166 valence electrons. The van der Waals surface area contributed by atoms with Crippen LogP contribution in [0.1, 0.15) is 39.9 Å². The topological polar surface area (TPSA) is 87.8 Å². The summed E-state index contributed by atoms with van der Waals surface area (Å²) in [5, 5.41) is 29.1. The van der Waals surface area contributed by atoms with Crippen LogP contribution < -0.4 is 4.90 Å². The molecule has 2 aromatic carbocycles. The van der Waals surface area contributed by atoms with E-state index in [1.54, 1.807) is 12.1 Å². The molecular formula is C24H30ClN3O3. The number of carboxylic acids is 1. The normalized spacial score (nSPS) is 15.5. The van der Waals surface area contributed by atoms with E-state index in [0.717, 1.165) is 37.3 Å². The summed E-state index contributed by atoms with van der Waals surface area (Å²) in [5.41, 5.74) is 3.25. The number of nitriles is 1. The number of benzene rings is 2. The van der Waals surface area contributed by atoms with Crippen LogP contribution in [0.3, 0.4) is 0 Å². The van der Waals surface area contributed by atoms with Crippen molar-refractivity contribution < 1.29 is 15.0 Å². The van der Waals surface area contributed by atoms with Gasteiger partial charge < -0.3 is 20.0 Å². The van der Waals surface area contributed by atoms with Gasteiger partial charge >= 0.3 is 5.97 Å². The van der Waals surface area contributed by atoms with Crippen LogP contribution in [0.4, 0.5) is 5.69 Å². The van der Waals surface area contributed by atoms with Crippen molar-refractivity contribution in [2.45, 2.75) is 31.8 Å².